The highest BCUT2D eigenvalue weighted by molar-refractivity contribution is 7.99. The number of nitrogens with zero attached hydrogens (tertiary/aromatic N) is 2. The second kappa shape index (κ2) is 9.03. The van der Waals surface area contributed by atoms with Gasteiger partial charge in [0.1, 0.15) is 4.70 Å². The monoisotopic (exact) mass is 416 g/mol. The highest BCUT2D eigenvalue weighted by Gasteiger charge is 2.14. The molecule has 7 nitrogen and oxygen atoms in total. The maximum atomic E-state index is 12.6. The van der Waals surface area contributed by atoms with Crippen molar-refractivity contribution in [1.29, 1.82) is 0 Å². The zero-order valence-electron chi connectivity index (χ0n) is 15.5. The summed E-state index contributed by atoms with van der Waals surface area (Å²) in [5, 5.41) is 7.88. The van der Waals surface area contributed by atoms with Crippen LogP contribution in [0.3, 0.4) is 0 Å². The first-order chi connectivity index (χ1) is 13.5. The van der Waals surface area contributed by atoms with Crippen molar-refractivity contribution >= 4 is 56.5 Å². The van der Waals surface area contributed by atoms with Crippen LogP contribution in [0.2, 0.25) is 0 Å². The lowest BCUT2D eigenvalue weighted by Gasteiger charge is -2.11. The predicted octanol–water partition coefficient (Wildman–Crippen LogP) is 3.56. The molecule has 146 valence electrons. The van der Waals surface area contributed by atoms with Gasteiger partial charge >= 0.3 is 0 Å². The van der Waals surface area contributed by atoms with Crippen molar-refractivity contribution in [2.75, 3.05) is 16.4 Å². The van der Waals surface area contributed by atoms with E-state index in [-0.39, 0.29) is 23.1 Å². The third-order valence-electron chi connectivity index (χ3n) is 3.80. The van der Waals surface area contributed by atoms with Crippen molar-refractivity contribution in [3.63, 3.8) is 0 Å². The number of carbonyl (C=O) groups is 2. The van der Waals surface area contributed by atoms with Crippen LogP contribution in [0.25, 0.3) is 10.2 Å². The third kappa shape index (κ3) is 4.79. The number of hydrogen-bond donors (Lipinski definition) is 2. The fraction of sp³-hybridized carbons (Fsp3) is 0.263. The van der Waals surface area contributed by atoms with E-state index >= 15 is 0 Å². The molecule has 0 atom stereocenters. The normalized spacial score (nSPS) is 10.8. The maximum Gasteiger partial charge on any atom is 0.272 e. The quantitative estimate of drug-likeness (QED) is 0.454. The molecular weight excluding hydrogens is 396 g/mol. The molecule has 0 bridgehead atoms. The molecule has 2 amide bonds. The van der Waals surface area contributed by atoms with Gasteiger partial charge in [0.25, 0.3) is 5.56 Å². The fourth-order valence-electron chi connectivity index (χ4n) is 2.62. The first-order valence-corrected chi connectivity index (χ1v) is 10.6. The number of anilines is 2. The van der Waals surface area contributed by atoms with E-state index in [1.165, 1.54) is 30.0 Å². The van der Waals surface area contributed by atoms with E-state index in [1.807, 2.05) is 18.4 Å². The number of amides is 2. The van der Waals surface area contributed by atoms with Crippen molar-refractivity contribution in [2.24, 2.45) is 0 Å². The van der Waals surface area contributed by atoms with Crippen molar-refractivity contribution in [2.45, 2.75) is 32.0 Å². The Bertz CT molecular complexity index is 1060. The molecule has 0 aliphatic heterocycles. The van der Waals surface area contributed by atoms with Gasteiger partial charge in [0.15, 0.2) is 5.16 Å². The van der Waals surface area contributed by atoms with Crippen LogP contribution < -0.4 is 16.2 Å². The Kier molecular flexibility index (Phi) is 6.48. The molecule has 9 heteroatoms. The molecule has 0 fully saturated rings. The zero-order valence-corrected chi connectivity index (χ0v) is 17.2. The van der Waals surface area contributed by atoms with Crippen LogP contribution in [-0.2, 0) is 16.1 Å². The van der Waals surface area contributed by atoms with E-state index in [1.54, 1.807) is 28.8 Å². The highest BCUT2D eigenvalue weighted by Crippen LogP contribution is 2.21. The average molecular weight is 417 g/mol. The molecule has 3 rings (SSSR count). The largest absolute Gasteiger partial charge is 0.326 e. The van der Waals surface area contributed by atoms with E-state index < -0.39 is 0 Å². The Morgan fingerprint density at radius 2 is 1.82 bits per heavy atom. The Balaban J connectivity index is 1.68. The molecule has 1 aromatic carbocycles. The van der Waals surface area contributed by atoms with E-state index in [2.05, 4.69) is 15.6 Å². The summed E-state index contributed by atoms with van der Waals surface area (Å²) < 4.78 is 2.28. The van der Waals surface area contributed by atoms with Crippen LogP contribution in [0.15, 0.2) is 45.7 Å². The van der Waals surface area contributed by atoms with E-state index in [4.69, 9.17) is 0 Å². The van der Waals surface area contributed by atoms with Gasteiger partial charge in [-0.3, -0.25) is 19.0 Å². The number of aromatic nitrogens is 2. The predicted molar refractivity (Wildman–Crippen MR) is 114 cm³/mol. The molecule has 2 N–H and O–H groups in total. The second-order valence-electron chi connectivity index (χ2n) is 6.08. The number of rotatable bonds is 7. The summed E-state index contributed by atoms with van der Waals surface area (Å²) in [5.41, 5.74) is 1.90. The van der Waals surface area contributed by atoms with Gasteiger partial charge in [-0.25, -0.2) is 4.98 Å². The summed E-state index contributed by atoms with van der Waals surface area (Å²) in [5.74, 6) is -0.208. The molecule has 28 heavy (non-hydrogen) atoms. The summed E-state index contributed by atoms with van der Waals surface area (Å²) in [6.45, 7) is 4.00. The number of carbonyl (C=O) groups excluding carboxylic acids is 2. The maximum absolute atomic E-state index is 12.6. The van der Waals surface area contributed by atoms with Gasteiger partial charge in [-0.15, -0.1) is 11.3 Å². The SMILES string of the molecule is CCCn1c(SCC(=O)Nc2ccc(NC(C)=O)cc2)nc2ccsc2c1=O. The van der Waals surface area contributed by atoms with Crippen LogP contribution in [0.4, 0.5) is 11.4 Å². The molecule has 3 aromatic rings. The molecule has 0 radical (unpaired) electrons. The van der Waals surface area contributed by atoms with Crippen molar-refractivity contribution in [1.82, 2.24) is 9.55 Å². The topological polar surface area (TPSA) is 93.1 Å². The minimum absolute atomic E-state index is 0.0571. The minimum atomic E-state index is -0.194. The summed E-state index contributed by atoms with van der Waals surface area (Å²) in [6, 6.07) is 8.69. The summed E-state index contributed by atoms with van der Waals surface area (Å²) in [7, 11) is 0. The van der Waals surface area contributed by atoms with Gasteiger partial charge in [-0.05, 0) is 42.1 Å². The number of fused-ring (bicyclic) bond motifs is 1. The van der Waals surface area contributed by atoms with Crippen LogP contribution in [0, 0.1) is 0 Å². The van der Waals surface area contributed by atoms with Gasteiger partial charge < -0.3 is 10.6 Å². The van der Waals surface area contributed by atoms with Crippen LogP contribution >= 0.6 is 23.1 Å². The molecule has 0 aliphatic carbocycles. The van der Waals surface area contributed by atoms with E-state index in [0.29, 0.717) is 33.3 Å². The Hall–Kier alpha value is -2.65. The van der Waals surface area contributed by atoms with Crippen LogP contribution in [-0.4, -0.2) is 27.1 Å². The van der Waals surface area contributed by atoms with E-state index in [9.17, 15) is 14.4 Å². The van der Waals surface area contributed by atoms with Gasteiger partial charge in [0.05, 0.1) is 11.3 Å². The molecule has 0 saturated heterocycles. The van der Waals surface area contributed by atoms with Crippen LogP contribution in [0.1, 0.15) is 20.3 Å². The zero-order chi connectivity index (χ0) is 20.1. The van der Waals surface area contributed by atoms with Crippen molar-refractivity contribution in [3.05, 3.63) is 46.1 Å². The van der Waals surface area contributed by atoms with Crippen molar-refractivity contribution in [3.8, 4) is 0 Å². The Labute approximate surface area is 170 Å². The van der Waals surface area contributed by atoms with E-state index in [0.717, 1.165) is 6.42 Å². The molecule has 0 saturated carbocycles. The van der Waals surface area contributed by atoms with Gasteiger partial charge in [-0.1, -0.05) is 18.7 Å². The van der Waals surface area contributed by atoms with Gasteiger partial charge in [0.2, 0.25) is 11.8 Å². The number of benzene rings is 1. The van der Waals surface area contributed by atoms with Gasteiger partial charge in [0, 0.05) is 24.8 Å². The number of thioether (sulfide) groups is 1. The number of hydrogen-bond acceptors (Lipinski definition) is 6. The highest BCUT2D eigenvalue weighted by atomic mass is 32.2. The van der Waals surface area contributed by atoms with Crippen LogP contribution in [0.5, 0.6) is 0 Å². The Morgan fingerprint density at radius 3 is 2.46 bits per heavy atom. The number of nitrogens with one attached hydrogen (secondary N) is 2. The first kappa shape index (κ1) is 20.1. The fourth-order valence-corrected chi connectivity index (χ4v) is 4.23. The third-order valence-corrected chi connectivity index (χ3v) is 5.67. The molecule has 0 spiro atoms. The minimum Gasteiger partial charge on any atom is -0.326 e. The smallest absolute Gasteiger partial charge is 0.272 e. The average Bonchev–Trinajstić information content (AvgIpc) is 3.13. The lowest BCUT2D eigenvalue weighted by molar-refractivity contribution is -0.114. The number of thiophene rings is 1. The molecular formula is C19H20N4O3S2. The van der Waals surface area contributed by atoms with Gasteiger partial charge in [-0.2, -0.15) is 0 Å². The molecule has 0 unspecified atom stereocenters. The van der Waals surface area contributed by atoms with Crippen molar-refractivity contribution < 1.29 is 9.59 Å². The molecule has 0 aliphatic rings. The molecule has 2 aromatic heterocycles. The lowest BCUT2D eigenvalue weighted by atomic mass is 10.3. The standard InChI is InChI=1S/C19H20N4O3S2/c1-3-9-23-18(26)17-15(8-10-27-17)22-19(23)28-11-16(25)21-14-6-4-13(5-7-14)20-12(2)24/h4-8,10H,3,9,11H2,1-2H3,(H,20,24)(H,21,25). The Morgan fingerprint density at radius 1 is 1.14 bits per heavy atom. The first-order valence-electron chi connectivity index (χ1n) is 8.76. The summed E-state index contributed by atoms with van der Waals surface area (Å²) in [6.07, 6.45) is 0.804. The summed E-state index contributed by atoms with van der Waals surface area (Å²) >= 11 is 2.63. The lowest BCUT2D eigenvalue weighted by Crippen LogP contribution is -2.23. The second-order valence-corrected chi connectivity index (χ2v) is 7.94. The molecule has 2 heterocycles. The summed E-state index contributed by atoms with van der Waals surface area (Å²) in [4.78, 5) is 40.5.